The largest absolute Gasteiger partial charge is 0.462 e. The lowest BCUT2D eigenvalue weighted by atomic mass is 10.0. The van der Waals surface area contributed by atoms with Gasteiger partial charge in [-0.05, 0) is 51.4 Å². The highest BCUT2D eigenvalue weighted by Gasteiger charge is 2.19. The molecule has 0 bridgehead atoms. The lowest BCUT2D eigenvalue weighted by molar-refractivity contribution is -0.167. The molecule has 0 rings (SSSR count). The Bertz CT molecular complexity index is 1290. The zero-order valence-electron chi connectivity index (χ0n) is 54.4. The minimum absolute atomic E-state index is 0.0629. The molecule has 1 unspecified atom stereocenters. The van der Waals surface area contributed by atoms with E-state index in [0.29, 0.717) is 19.3 Å². The molecule has 0 saturated heterocycles. The molecule has 0 aliphatic rings. The van der Waals surface area contributed by atoms with E-state index in [1.165, 1.54) is 308 Å². The van der Waals surface area contributed by atoms with Crippen LogP contribution in [-0.2, 0) is 28.6 Å². The van der Waals surface area contributed by atoms with Crippen LogP contribution >= 0.6 is 0 Å². The third-order valence-corrected chi connectivity index (χ3v) is 16.7. The number of carbonyl (C=O) groups excluding carboxylic acids is 3. The summed E-state index contributed by atoms with van der Waals surface area (Å²) in [6, 6.07) is 0. The van der Waals surface area contributed by atoms with Gasteiger partial charge in [0.1, 0.15) is 13.2 Å². The monoisotopic (exact) mass is 1130 g/mol. The van der Waals surface area contributed by atoms with E-state index in [0.717, 1.165) is 64.2 Å². The van der Waals surface area contributed by atoms with Gasteiger partial charge in [-0.25, -0.2) is 0 Å². The van der Waals surface area contributed by atoms with Gasteiger partial charge in [0.2, 0.25) is 0 Å². The fourth-order valence-electron chi connectivity index (χ4n) is 11.2. The minimum Gasteiger partial charge on any atom is -0.462 e. The average Bonchev–Trinajstić information content (AvgIpc) is 3.46. The maximum atomic E-state index is 12.9. The van der Waals surface area contributed by atoms with Crippen LogP contribution in [0.5, 0.6) is 0 Å². The van der Waals surface area contributed by atoms with Crippen LogP contribution in [0.4, 0.5) is 0 Å². The van der Waals surface area contributed by atoms with E-state index >= 15 is 0 Å². The van der Waals surface area contributed by atoms with Crippen molar-refractivity contribution in [3.05, 3.63) is 24.3 Å². The van der Waals surface area contributed by atoms with Crippen molar-refractivity contribution >= 4 is 17.9 Å². The number of rotatable bonds is 68. The SMILES string of the molecule is CCCCCCC/C=C\C/C=C\CCCCCCCCCCCCCCCCCCCC(=O)OCC(COC(=O)CCCCCCCCCCCCCCCCCC)OC(=O)CCCCCCCCCCCCCCCCCCC. The second-order valence-electron chi connectivity index (χ2n) is 24.9. The van der Waals surface area contributed by atoms with Gasteiger partial charge < -0.3 is 14.2 Å². The Hall–Kier alpha value is -2.11. The molecule has 6 nitrogen and oxygen atoms in total. The van der Waals surface area contributed by atoms with Crippen LogP contribution in [0.2, 0.25) is 0 Å². The molecule has 6 heteroatoms. The lowest BCUT2D eigenvalue weighted by Gasteiger charge is -2.18. The van der Waals surface area contributed by atoms with Crippen LogP contribution in [-0.4, -0.2) is 37.2 Å². The Balaban J connectivity index is 4.19. The van der Waals surface area contributed by atoms with E-state index < -0.39 is 6.10 Å². The van der Waals surface area contributed by atoms with Gasteiger partial charge in [-0.3, -0.25) is 14.4 Å². The molecule has 0 aromatic heterocycles. The summed E-state index contributed by atoms with van der Waals surface area (Å²) in [5.41, 5.74) is 0. The van der Waals surface area contributed by atoms with Gasteiger partial charge in [-0.2, -0.15) is 0 Å². The summed E-state index contributed by atoms with van der Waals surface area (Å²) < 4.78 is 17.0. The number of carbonyl (C=O) groups is 3. The predicted octanol–water partition coefficient (Wildman–Crippen LogP) is 25.0. The standard InChI is InChI=1S/C74H140O6/c1-4-7-10-13-16-19-22-25-28-31-32-33-34-35-36-37-38-39-40-41-42-44-46-49-52-55-58-61-64-67-73(76)79-70-71(69-78-72(75)66-63-60-57-54-51-48-45-30-27-24-21-18-15-12-9-6-3)80-74(77)68-65-62-59-56-53-50-47-43-29-26-23-20-17-14-11-8-5-2/h22,25,31-32,71H,4-21,23-24,26-30,33-70H2,1-3H3/b25-22-,32-31-. The fraction of sp³-hybridized carbons (Fsp3) is 0.905. The molecule has 0 radical (unpaired) electrons. The number of ether oxygens (including phenoxy) is 3. The molecule has 0 aromatic rings. The molecule has 0 aliphatic carbocycles. The molecule has 472 valence electrons. The summed E-state index contributed by atoms with van der Waals surface area (Å²) in [6.07, 6.45) is 85.0. The normalized spacial score (nSPS) is 12.1. The van der Waals surface area contributed by atoms with Crippen molar-refractivity contribution in [2.24, 2.45) is 0 Å². The van der Waals surface area contributed by atoms with Crippen LogP contribution < -0.4 is 0 Å². The predicted molar refractivity (Wildman–Crippen MR) is 349 cm³/mol. The first-order valence-corrected chi connectivity index (χ1v) is 36.3. The van der Waals surface area contributed by atoms with E-state index in [2.05, 4.69) is 45.1 Å². The van der Waals surface area contributed by atoms with Gasteiger partial charge in [-0.15, -0.1) is 0 Å². The van der Waals surface area contributed by atoms with Crippen molar-refractivity contribution in [1.82, 2.24) is 0 Å². The molecule has 0 N–H and O–H groups in total. The summed E-state index contributed by atoms with van der Waals surface area (Å²) >= 11 is 0. The summed E-state index contributed by atoms with van der Waals surface area (Å²) in [7, 11) is 0. The van der Waals surface area contributed by atoms with Gasteiger partial charge in [0.15, 0.2) is 6.10 Å². The Morgan fingerprint density at radius 2 is 0.450 bits per heavy atom. The molecule has 0 heterocycles. The maximum Gasteiger partial charge on any atom is 0.306 e. The molecule has 0 spiro atoms. The summed E-state index contributed by atoms with van der Waals surface area (Å²) in [4.78, 5) is 38.5. The first kappa shape index (κ1) is 77.9. The van der Waals surface area contributed by atoms with Gasteiger partial charge in [0.25, 0.3) is 0 Å². The second kappa shape index (κ2) is 69.4. The Morgan fingerprint density at radius 1 is 0.250 bits per heavy atom. The quantitative estimate of drug-likeness (QED) is 0.0261. The number of allylic oxidation sites excluding steroid dienone is 4. The molecular formula is C74H140O6. The summed E-state index contributed by atoms with van der Waals surface area (Å²) in [5, 5.41) is 0. The van der Waals surface area contributed by atoms with Gasteiger partial charge in [-0.1, -0.05) is 366 Å². The van der Waals surface area contributed by atoms with E-state index in [-0.39, 0.29) is 31.1 Å². The molecule has 0 fully saturated rings. The third kappa shape index (κ3) is 66.7. The minimum atomic E-state index is -0.766. The van der Waals surface area contributed by atoms with Crippen LogP contribution in [0.1, 0.15) is 412 Å². The molecule has 0 aromatic carbocycles. The van der Waals surface area contributed by atoms with Crippen molar-refractivity contribution in [2.75, 3.05) is 13.2 Å². The topological polar surface area (TPSA) is 78.9 Å². The van der Waals surface area contributed by atoms with E-state index in [4.69, 9.17) is 14.2 Å². The molecule has 1 atom stereocenters. The highest BCUT2D eigenvalue weighted by molar-refractivity contribution is 5.71. The fourth-order valence-corrected chi connectivity index (χ4v) is 11.2. The van der Waals surface area contributed by atoms with Crippen LogP contribution in [0.15, 0.2) is 24.3 Å². The molecule has 0 amide bonds. The van der Waals surface area contributed by atoms with Crippen LogP contribution in [0.3, 0.4) is 0 Å². The molecule has 0 aliphatic heterocycles. The average molecular weight is 1130 g/mol. The molecular weight excluding hydrogens is 985 g/mol. The first-order chi connectivity index (χ1) is 39.5. The van der Waals surface area contributed by atoms with E-state index in [9.17, 15) is 14.4 Å². The smallest absolute Gasteiger partial charge is 0.306 e. The molecule has 0 saturated carbocycles. The number of unbranched alkanes of at least 4 members (excludes halogenated alkanes) is 53. The zero-order valence-corrected chi connectivity index (χ0v) is 54.4. The molecule has 80 heavy (non-hydrogen) atoms. The van der Waals surface area contributed by atoms with Crippen LogP contribution in [0.25, 0.3) is 0 Å². The second-order valence-corrected chi connectivity index (χ2v) is 24.9. The van der Waals surface area contributed by atoms with E-state index in [1.54, 1.807) is 0 Å². The number of hydrogen-bond donors (Lipinski definition) is 0. The Labute approximate surface area is 500 Å². The number of esters is 3. The Kier molecular flexibility index (Phi) is 67.6. The van der Waals surface area contributed by atoms with Gasteiger partial charge >= 0.3 is 17.9 Å². The van der Waals surface area contributed by atoms with E-state index in [1.807, 2.05) is 0 Å². The highest BCUT2D eigenvalue weighted by Crippen LogP contribution is 2.19. The van der Waals surface area contributed by atoms with Crippen LogP contribution in [0, 0.1) is 0 Å². The first-order valence-electron chi connectivity index (χ1n) is 36.3. The highest BCUT2D eigenvalue weighted by atomic mass is 16.6. The van der Waals surface area contributed by atoms with Gasteiger partial charge in [0.05, 0.1) is 0 Å². The third-order valence-electron chi connectivity index (χ3n) is 16.7. The Morgan fingerprint density at radius 3 is 0.688 bits per heavy atom. The van der Waals surface area contributed by atoms with Crippen molar-refractivity contribution in [3.8, 4) is 0 Å². The van der Waals surface area contributed by atoms with Crippen molar-refractivity contribution < 1.29 is 28.6 Å². The van der Waals surface area contributed by atoms with Crippen molar-refractivity contribution in [3.63, 3.8) is 0 Å². The maximum absolute atomic E-state index is 12.9. The van der Waals surface area contributed by atoms with Crippen molar-refractivity contribution in [1.29, 1.82) is 0 Å². The summed E-state index contributed by atoms with van der Waals surface area (Å²) in [6.45, 7) is 6.72. The lowest BCUT2D eigenvalue weighted by Crippen LogP contribution is -2.30. The van der Waals surface area contributed by atoms with Crippen molar-refractivity contribution in [2.45, 2.75) is 419 Å². The zero-order chi connectivity index (χ0) is 57.8. The number of hydrogen-bond acceptors (Lipinski definition) is 6. The summed E-state index contributed by atoms with van der Waals surface area (Å²) in [5.74, 6) is -0.826. The van der Waals surface area contributed by atoms with Gasteiger partial charge in [0, 0.05) is 19.3 Å².